The fourth-order valence-electron chi connectivity index (χ4n) is 4.90. The van der Waals surface area contributed by atoms with Crippen LogP contribution in [0.25, 0.3) is 22.0 Å². The Hall–Kier alpha value is -3.98. The Morgan fingerprint density at radius 3 is 2.54 bits per heavy atom. The fourth-order valence-corrected chi connectivity index (χ4v) is 5.95. The minimum absolute atomic E-state index is 0.178. The first-order valence-corrected chi connectivity index (χ1v) is 13.6. The van der Waals surface area contributed by atoms with Crippen molar-refractivity contribution < 1.29 is 13.2 Å². The van der Waals surface area contributed by atoms with Crippen LogP contribution < -0.4 is 15.4 Å². The Balaban J connectivity index is 1.62. The lowest BCUT2D eigenvalue weighted by atomic mass is 9.90. The van der Waals surface area contributed by atoms with Gasteiger partial charge in [-0.1, -0.05) is 49.4 Å². The molecule has 1 saturated heterocycles. The first kappa shape index (κ1) is 24.7. The molecule has 1 aliphatic rings. The van der Waals surface area contributed by atoms with E-state index in [1.807, 2.05) is 42.5 Å². The Morgan fingerprint density at radius 2 is 1.81 bits per heavy atom. The zero-order valence-corrected chi connectivity index (χ0v) is 21.8. The normalized spacial score (nSPS) is 17.2. The molecule has 37 heavy (non-hydrogen) atoms. The summed E-state index contributed by atoms with van der Waals surface area (Å²) in [6.45, 7) is 7.10. The van der Waals surface area contributed by atoms with Gasteiger partial charge in [-0.15, -0.1) is 0 Å². The maximum absolute atomic E-state index is 13.5. The summed E-state index contributed by atoms with van der Waals surface area (Å²) in [5.41, 5.74) is 7.30. The van der Waals surface area contributed by atoms with Gasteiger partial charge in [0.1, 0.15) is 16.5 Å². The van der Waals surface area contributed by atoms with Crippen LogP contribution in [-0.4, -0.2) is 36.4 Å². The van der Waals surface area contributed by atoms with Crippen LogP contribution >= 0.6 is 0 Å². The molecule has 1 atom stereocenters. The van der Waals surface area contributed by atoms with Crippen molar-refractivity contribution in [3.63, 3.8) is 0 Å². The molecule has 2 aromatic heterocycles. The minimum Gasteiger partial charge on any atom is -0.383 e. The number of nitrogens with one attached hydrogen (secondary N) is 1. The monoisotopic (exact) mass is 515 g/mol. The molecular weight excluding hydrogens is 486 g/mol. The number of anilines is 2. The molecule has 0 radical (unpaired) electrons. The molecule has 1 amide bonds. The molecule has 0 aliphatic carbocycles. The maximum atomic E-state index is 13.5. The zero-order chi connectivity index (χ0) is 26.4. The van der Waals surface area contributed by atoms with Gasteiger partial charge in [-0.2, -0.15) is 0 Å². The number of benzene rings is 2. The van der Waals surface area contributed by atoms with Crippen LogP contribution in [0.2, 0.25) is 0 Å². The third-order valence-corrected chi connectivity index (χ3v) is 8.82. The maximum Gasteiger partial charge on any atom is 0.268 e. The van der Waals surface area contributed by atoms with Crippen molar-refractivity contribution in [3.8, 4) is 11.3 Å². The average molecular weight is 516 g/mol. The third kappa shape index (κ3) is 4.40. The van der Waals surface area contributed by atoms with E-state index < -0.39 is 15.9 Å². The Morgan fingerprint density at radius 1 is 1.05 bits per heavy atom. The lowest BCUT2D eigenvalue weighted by Gasteiger charge is -2.36. The van der Waals surface area contributed by atoms with Crippen molar-refractivity contribution in [2.45, 2.75) is 37.6 Å². The fraction of sp³-hybridized carbons (Fsp3) is 0.250. The van der Waals surface area contributed by atoms with Gasteiger partial charge in [-0.3, -0.25) is 4.79 Å². The molecule has 4 aromatic rings. The van der Waals surface area contributed by atoms with E-state index in [0.29, 0.717) is 24.0 Å². The Kier molecular flexibility index (Phi) is 6.11. The van der Waals surface area contributed by atoms with Gasteiger partial charge in [0.15, 0.2) is 0 Å². The topological polar surface area (TPSA) is 118 Å². The summed E-state index contributed by atoms with van der Waals surface area (Å²) in [6.07, 6.45) is 2.32. The van der Waals surface area contributed by atoms with Gasteiger partial charge in [0, 0.05) is 23.8 Å². The highest BCUT2D eigenvalue weighted by Crippen LogP contribution is 2.40. The van der Waals surface area contributed by atoms with Crippen LogP contribution in [0.1, 0.15) is 37.6 Å². The molecule has 3 N–H and O–H groups in total. The van der Waals surface area contributed by atoms with Crippen molar-refractivity contribution in [2.75, 3.05) is 17.2 Å². The molecule has 0 spiro atoms. The van der Waals surface area contributed by atoms with E-state index in [1.54, 1.807) is 12.1 Å². The highest BCUT2D eigenvalue weighted by molar-refractivity contribution is 7.90. The number of sulfonamides is 1. The number of nitrogens with two attached hydrogens (primary N) is 1. The second-order valence-electron chi connectivity index (χ2n) is 9.91. The summed E-state index contributed by atoms with van der Waals surface area (Å²) >= 11 is 0. The molecule has 1 unspecified atom stereocenters. The smallest absolute Gasteiger partial charge is 0.268 e. The quantitative estimate of drug-likeness (QED) is 0.398. The number of hydrogen-bond acceptors (Lipinski definition) is 7. The highest BCUT2D eigenvalue weighted by atomic mass is 32.2. The van der Waals surface area contributed by atoms with Gasteiger partial charge < -0.3 is 10.6 Å². The van der Waals surface area contributed by atoms with Crippen LogP contribution in [-0.2, 0) is 10.0 Å². The predicted molar refractivity (Wildman–Crippen MR) is 146 cm³/mol. The molecule has 3 heterocycles. The van der Waals surface area contributed by atoms with Crippen LogP contribution in [0.3, 0.4) is 0 Å². The van der Waals surface area contributed by atoms with Crippen molar-refractivity contribution in [2.24, 2.45) is 5.92 Å². The molecule has 9 heteroatoms. The van der Waals surface area contributed by atoms with E-state index in [4.69, 9.17) is 10.7 Å². The Bertz CT molecular complexity index is 1610. The number of pyridine rings is 2. The minimum atomic E-state index is -4.24. The molecule has 2 aromatic carbocycles. The molecule has 1 fully saturated rings. The molecule has 1 aliphatic heterocycles. The number of nitrogen functional groups attached to an aromatic ring is 1. The SMILES string of the molecule is CC1CCN(c2nc(-c3cccc4ccccc34)ccc2C(=O)NS(=O)(=O)c2cccnc2N)C1(C)C. The number of amides is 1. The number of nitrogens with zero attached hydrogens (tertiary/aromatic N) is 3. The summed E-state index contributed by atoms with van der Waals surface area (Å²) in [6, 6.07) is 20.3. The summed E-state index contributed by atoms with van der Waals surface area (Å²) in [4.78, 5) is 24.1. The van der Waals surface area contributed by atoms with E-state index >= 15 is 0 Å². The average Bonchev–Trinajstić information content (AvgIpc) is 3.14. The summed E-state index contributed by atoms with van der Waals surface area (Å²) in [5, 5.41) is 2.13. The molecule has 190 valence electrons. The van der Waals surface area contributed by atoms with Crippen LogP contribution in [0.5, 0.6) is 0 Å². The van der Waals surface area contributed by atoms with Crippen molar-refractivity contribution in [1.29, 1.82) is 0 Å². The van der Waals surface area contributed by atoms with Crippen LogP contribution in [0.15, 0.2) is 77.8 Å². The lowest BCUT2D eigenvalue weighted by molar-refractivity contribution is 0.0981. The van der Waals surface area contributed by atoms with E-state index in [0.717, 1.165) is 22.8 Å². The van der Waals surface area contributed by atoms with Crippen molar-refractivity contribution in [3.05, 3.63) is 78.5 Å². The van der Waals surface area contributed by atoms with Crippen molar-refractivity contribution >= 4 is 38.3 Å². The van der Waals surface area contributed by atoms with Gasteiger partial charge in [-0.05, 0) is 61.2 Å². The van der Waals surface area contributed by atoms with E-state index in [9.17, 15) is 13.2 Å². The number of fused-ring (bicyclic) bond motifs is 1. The Labute approximate surface area is 216 Å². The van der Waals surface area contributed by atoms with Gasteiger partial charge in [-0.25, -0.2) is 23.1 Å². The first-order valence-electron chi connectivity index (χ1n) is 12.1. The molecule has 0 saturated carbocycles. The van der Waals surface area contributed by atoms with Crippen LogP contribution in [0.4, 0.5) is 11.6 Å². The van der Waals surface area contributed by atoms with Crippen LogP contribution in [0, 0.1) is 5.92 Å². The van der Waals surface area contributed by atoms with E-state index in [-0.39, 0.29) is 21.8 Å². The molecular formula is C28H29N5O3S. The van der Waals surface area contributed by atoms with E-state index in [2.05, 4.69) is 35.4 Å². The van der Waals surface area contributed by atoms with Gasteiger partial charge >= 0.3 is 0 Å². The number of hydrogen-bond donors (Lipinski definition) is 2. The predicted octanol–water partition coefficient (Wildman–Crippen LogP) is 4.62. The number of rotatable bonds is 5. The third-order valence-electron chi connectivity index (χ3n) is 7.44. The molecule has 8 nitrogen and oxygen atoms in total. The highest BCUT2D eigenvalue weighted by Gasteiger charge is 2.41. The van der Waals surface area contributed by atoms with Gasteiger partial charge in [0.05, 0.1) is 11.3 Å². The number of carbonyl (C=O) groups excluding carboxylic acids is 1. The molecule has 0 bridgehead atoms. The van der Waals surface area contributed by atoms with Gasteiger partial charge in [0.25, 0.3) is 15.9 Å². The van der Waals surface area contributed by atoms with Gasteiger partial charge in [0.2, 0.25) is 0 Å². The number of aromatic nitrogens is 2. The second-order valence-corrected chi connectivity index (χ2v) is 11.6. The lowest BCUT2D eigenvalue weighted by Crippen LogP contribution is -2.43. The van der Waals surface area contributed by atoms with E-state index in [1.165, 1.54) is 18.3 Å². The number of carbonyl (C=O) groups is 1. The first-order chi connectivity index (χ1) is 17.6. The standard InChI is InChI=1S/C28H29N5O3S/c1-18-15-17-33(28(18,2)3)26-22(27(34)32-37(35,36)24-12-7-16-30-25(24)29)13-14-23(31-26)21-11-6-9-19-8-4-5-10-20(19)21/h4-14,16,18H,15,17H2,1-3H3,(H2,29,30)(H,32,34). The summed E-state index contributed by atoms with van der Waals surface area (Å²) < 4.78 is 28.2. The molecule has 5 rings (SSSR count). The van der Waals surface area contributed by atoms with Crippen molar-refractivity contribution in [1.82, 2.24) is 14.7 Å². The summed E-state index contributed by atoms with van der Waals surface area (Å²) in [7, 11) is -4.24. The second kappa shape index (κ2) is 9.15. The zero-order valence-electron chi connectivity index (χ0n) is 21.0. The largest absolute Gasteiger partial charge is 0.383 e. The summed E-state index contributed by atoms with van der Waals surface area (Å²) in [5.74, 6) is -0.149.